The first-order valence-electron chi connectivity index (χ1n) is 4.92. The molecule has 1 aromatic heterocycles. The molecule has 0 spiro atoms. The maximum atomic E-state index is 11.7. The van der Waals surface area contributed by atoms with E-state index in [-0.39, 0.29) is 11.9 Å². The first-order chi connectivity index (χ1) is 6.80. The van der Waals surface area contributed by atoms with Crippen molar-refractivity contribution in [3.05, 3.63) is 11.7 Å². The molecular formula is C10H17N3O2. The van der Waals surface area contributed by atoms with E-state index in [1.54, 1.807) is 6.92 Å². The third kappa shape index (κ3) is 3.04. The summed E-state index contributed by atoms with van der Waals surface area (Å²) in [5, 5.41) is 6.58. The minimum Gasteiger partial charge on any atom is -0.346 e. The van der Waals surface area contributed by atoms with Crippen molar-refractivity contribution < 1.29 is 9.32 Å². The Bertz CT molecular complexity index is 352. The van der Waals surface area contributed by atoms with E-state index in [4.69, 9.17) is 4.52 Å². The average molecular weight is 211 g/mol. The van der Waals surface area contributed by atoms with Crippen LogP contribution in [0.3, 0.4) is 0 Å². The number of carbonyl (C=O) groups excluding carboxylic acids is 1. The maximum absolute atomic E-state index is 11.7. The molecule has 1 heterocycles. The summed E-state index contributed by atoms with van der Waals surface area (Å²) in [6.07, 6.45) is 0. The zero-order valence-electron chi connectivity index (χ0n) is 9.79. The van der Waals surface area contributed by atoms with Crippen LogP contribution in [0.15, 0.2) is 4.52 Å². The number of carbonyl (C=O) groups is 1. The van der Waals surface area contributed by atoms with Crippen LogP contribution in [0, 0.1) is 12.3 Å². The van der Waals surface area contributed by atoms with Crippen LogP contribution >= 0.6 is 0 Å². The van der Waals surface area contributed by atoms with Crippen molar-refractivity contribution in [1.29, 1.82) is 0 Å². The Morgan fingerprint density at radius 1 is 1.47 bits per heavy atom. The van der Waals surface area contributed by atoms with E-state index in [1.807, 2.05) is 27.7 Å². The molecule has 0 aliphatic carbocycles. The van der Waals surface area contributed by atoms with Crippen molar-refractivity contribution in [3.8, 4) is 0 Å². The Labute approximate surface area is 89.2 Å². The number of nitrogens with one attached hydrogen (secondary N) is 1. The van der Waals surface area contributed by atoms with Crippen LogP contribution in [-0.2, 0) is 4.79 Å². The molecule has 0 saturated heterocycles. The summed E-state index contributed by atoms with van der Waals surface area (Å²) in [5.41, 5.74) is -0.410. The van der Waals surface area contributed by atoms with Gasteiger partial charge < -0.3 is 9.84 Å². The Morgan fingerprint density at radius 2 is 2.07 bits per heavy atom. The second-order valence-electron chi connectivity index (χ2n) is 4.62. The normalized spacial score (nSPS) is 13.7. The molecule has 1 N–H and O–H groups in total. The van der Waals surface area contributed by atoms with Crippen LogP contribution in [-0.4, -0.2) is 16.0 Å². The summed E-state index contributed by atoms with van der Waals surface area (Å²) in [6.45, 7) is 9.12. The fraction of sp³-hybridized carbons (Fsp3) is 0.700. The van der Waals surface area contributed by atoms with Crippen molar-refractivity contribution in [2.45, 2.75) is 40.7 Å². The van der Waals surface area contributed by atoms with Gasteiger partial charge in [-0.3, -0.25) is 4.79 Å². The monoisotopic (exact) mass is 211 g/mol. The molecular weight excluding hydrogens is 194 g/mol. The number of hydrogen-bond donors (Lipinski definition) is 1. The molecule has 5 nitrogen and oxygen atoms in total. The van der Waals surface area contributed by atoms with E-state index < -0.39 is 5.41 Å². The summed E-state index contributed by atoms with van der Waals surface area (Å²) >= 11 is 0. The van der Waals surface area contributed by atoms with Crippen molar-refractivity contribution in [1.82, 2.24) is 15.5 Å². The molecule has 1 rings (SSSR count). The maximum Gasteiger partial charge on any atom is 0.225 e. The molecule has 0 aliphatic heterocycles. The van der Waals surface area contributed by atoms with Crippen LogP contribution in [0.4, 0.5) is 0 Å². The van der Waals surface area contributed by atoms with Gasteiger partial charge >= 0.3 is 0 Å². The van der Waals surface area contributed by atoms with E-state index in [2.05, 4.69) is 15.5 Å². The topological polar surface area (TPSA) is 68.0 Å². The zero-order valence-corrected chi connectivity index (χ0v) is 9.79. The standard InChI is InChI=1S/C10H17N3O2/c1-6(8-12-7(2)15-13-8)11-9(14)10(3,4)5/h6H,1-5H3,(H,11,14). The molecule has 0 aromatic carbocycles. The van der Waals surface area contributed by atoms with E-state index in [0.717, 1.165) is 0 Å². The SMILES string of the molecule is Cc1nc(C(C)NC(=O)C(C)(C)C)no1. The highest BCUT2D eigenvalue weighted by Gasteiger charge is 2.24. The predicted octanol–water partition coefficient (Wildman–Crippen LogP) is 1.60. The van der Waals surface area contributed by atoms with Crippen LogP contribution in [0.25, 0.3) is 0 Å². The van der Waals surface area contributed by atoms with E-state index >= 15 is 0 Å². The molecule has 1 atom stereocenters. The van der Waals surface area contributed by atoms with Crippen molar-refractivity contribution in [2.75, 3.05) is 0 Å². The number of aromatic nitrogens is 2. The van der Waals surface area contributed by atoms with Gasteiger partial charge in [-0.05, 0) is 6.92 Å². The second-order valence-corrected chi connectivity index (χ2v) is 4.62. The Hall–Kier alpha value is -1.39. The van der Waals surface area contributed by atoms with Crippen LogP contribution in [0.1, 0.15) is 45.5 Å². The van der Waals surface area contributed by atoms with Crippen LogP contribution in [0.5, 0.6) is 0 Å². The van der Waals surface area contributed by atoms with Crippen LogP contribution in [0.2, 0.25) is 0 Å². The van der Waals surface area contributed by atoms with Gasteiger partial charge in [-0.1, -0.05) is 25.9 Å². The third-order valence-electron chi connectivity index (χ3n) is 1.96. The predicted molar refractivity (Wildman–Crippen MR) is 55.0 cm³/mol. The number of rotatable bonds is 2. The molecule has 0 radical (unpaired) electrons. The zero-order chi connectivity index (χ0) is 11.6. The van der Waals surface area contributed by atoms with Gasteiger partial charge in [0.25, 0.3) is 0 Å². The summed E-state index contributed by atoms with van der Waals surface area (Å²) in [4.78, 5) is 15.7. The molecule has 0 bridgehead atoms. The molecule has 1 unspecified atom stereocenters. The number of hydrogen-bond acceptors (Lipinski definition) is 4. The Morgan fingerprint density at radius 3 is 2.47 bits per heavy atom. The molecule has 0 aliphatic rings. The first-order valence-corrected chi connectivity index (χ1v) is 4.92. The lowest BCUT2D eigenvalue weighted by Crippen LogP contribution is -2.36. The lowest BCUT2D eigenvalue weighted by molar-refractivity contribution is -0.129. The minimum absolute atomic E-state index is 0.0301. The molecule has 1 amide bonds. The molecule has 1 aromatic rings. The second kappa shape index (κ2) is 4.00. The smallest absolute Gasteiger partial charge is 0.225 e. The minimum atomic E-state index is -0.410. The molecule has 0 saturated carbocycles. The van der Waals surface area contributed by atoms with E-state index in [1.165, 1.54) is 0 Å². The van der Waals surface area contributed by atoms with Crippen molar-refractivity contribution in [2.24, 2.45) is 5.41 Å². The third-order valence-corrected chi connectivity index (χ3v) is 1.96. The molecule has 15 heavy (non-hydrogen) atoms. The largest absolute Gasteiger partial charge is 0.346 e. The van der Waals surface area contributed by atoms with E-state index in [9.17, 15) is 4.79 Å². The highest BCUT2D eigenvalue weighted by molar-refractivity contribution is 5.81. The van der Waals surface area contributed by atoms with Crippen molar-refractivity contribution in [3.63, 3.8) is 0 Å². The summed E-state index contributed by atoms with van der Waals surface area (Å²) in [6, 6.07) is -0.228. The quantitative estimate of drug-likeness (QED) is 0.806. The lowest BCUT2D eigenvalue weighted by Gasteiger charge is -2.20. The van der Waals surface area contributed by atoms with Gasteiger partial charge in [-0.25, -0.2) is 0 Å². The average Bonchev–Trinajstić information content (AvgIpc) is 2.50. The van der Waals surface area contributed by atoms with Gasteiger partial charge in [-0.2, -0.15) is 4.98 Å². The highest BCUT2D eigenvalue weighted by atomic mass is 16.5. The van der Waals surface area contributed by atoms with Gasteiger partial charge in [0.1, 0.15) is 0 Å². The van der Waals surface area contributed by atoms with Crippen molar-refractivity contribution >= 4 is 5.91 Å². The molecule has 0 fully saturated rings. The van der Waals surface area contributed by atoms with Gasteiger partial charge in [0.05, 0.1) is 6.04 Å². The van der Waals surface area contributed by atoms with Crippen LogP contribution < -0.4 is 5.32 Å². The first kappa shape index (κ1) is 11.7. The number of amides is 1. The molecule has 84 valence electrons. The van der Waals surface area contributed by atoms with Gasteiger partial charge in [0.2, 0.25) is 11.8 Å². The molecule has 5 heteroatoms. The van der Waals surface area contributed by atoms with Gasteiger partial charge in [0.15, 0.2) is 5.82 Å². The van der Waals surface area contributed by atoms with E-state index in [0.29, 0.717) is 11.7 Å². The Kier molecular flexibility index (Phi) is 3.12. The Balaban J connectivity index is 2.64. The van der Waals surface area contributed by atoms with Gasteiger partial charge in [-0.15, -0.1) is 0 Å². The highest BCUT2D eigenvalue weighted by Crippen LogP contribution is 2.16. The summed E-state index contributed by atoms with van der Waals surface area (Å²) in [5.74, 6) is 0.976. The number of nitrogens with zero attached hydrogens (tertiary/aromatic N) is 2. The number of aryl methyl sites for hydroxylation is 1. The fourth-order valence-electron chi connectivity index (χ4n) is 0.969. The summed E-state index contributed by atoms with van der Waals surface area (Å²) < 4.78 is 4.84. The fourth-order valence-corrected chi connectivity index (χ4v) is 0.969. The summed E-state index contributed by atoms with van der Waals surface area (Å²) in [7, 11) is 0. The lowest BCUT2D eigenvalue weighted by atomic mass is 9.95. The van der Waals surface area contributed by atoms with Gasteiger partial charge in [0, 0.05) is 12.3 Å².